The molecule has 0 amide bonds. The summed E-state index contributed by atoms with van der Waals surface area (Å²) < 4.78 is 0. The molecule has 1 unspecified atom stereocenters. The van der Waals surface area contributed by atoms with Crippen molar-refractivity contribution in [2.45, 2.75) is 6.42 Å². The van der Waals surface area contributed by atoms with Gasteiger partial charge in [-0.05, 0) is 0 Å². The Labute approximate surface area is 72.6 Å². The maximum absolute atomic E-state index is 10.8. The van der Waals surface area contributed by atoms with E-state index in [1.54, 1.807) is 6.07 Å². The van der Waals surface area contributed by atoms with Crippen LogP contribution in [-0.2, 0) is 9.59 Å². The van der Waals surface area contributed by atoms with Gasteiger partial charge in [-0.25, -0.2) is 0 Å². The van der Waals surface area contributed by atoms with Gasteiger partial charge in [-0.3, -0.25) is 9.59 Å². The Morgan fingerprint density at radius 2 is 2.08 bits per heavy atom. The Bertz CT molecular complexity index is 275. The molecular formula is C6H4N2O3S. The lowest BCUT2D eigenvalue weighted by Crippen LogP contribution is -2.20. The molecule has 5 nitrogen and oxygen atoms in total. The van der Waals surface area contributed by atoms with Gasteiger partial charge in [0.15, 0.2) is 0 Å². The lowest BCUT2D eigenvalue weighted by atomic mass is 10.1. The third kappa shape index (κ3) is 3.04. The van der Waals surface area contributed by atoms with Gasteiger partial charge in [0.25, 0.3) is 0 Å². The largest absolute Gasteiger partial charge is 0.481 e. The number of thioether (sulfide) groups is 1. The van der Waals surface area contributed by atoms with Gasteiger partial charge in [-0.2, -0.15) is 10.5 Å². The summed E-state index contributed by atoms with van der Waals surface area (Å²) in [5.41, 5.74) is 0. The van der Waals surface area contributed by atoms with Crippen LogP contribution in [-0.4, -0.2) is 16.2 Å². The van der Waals surface area contributed by atoms with Crippen LogP contribution in [0.2, 0.25) is 0 Å². The van der Waals surface area contributed by atoms with Gasteiger partial charge < -0.3 is 5.11 Å². The summed E-state index contributed by atoms with van der Waals surface area (Å²) in [4.78, 5) is 21.1. The zero-order valence-electron chi connectivity index (χ0n) is 5.85. The summed E-state index contributed by atoms with van der Waals surface area (Å²) in [5.74, 6) is -2.76. The Kier molecular flexibility index (Phi) is 4.51. The Morgan fingerprint density at radius 1 is 1.50 bits per heavy atom. The molecule has 0 spiro atoms. The summed E-state index contributed by atoms with van der Waals surface area (Å²) in [6.45, 7) is 0. The summed E-state index contributed by atoms with van der Waals surface area (Å²) in [6, 6.07) is 1.56. The highest BCUT2D eigenvalue weighted by Gasteiger charge is 2.26. The molecule has 0 saturated heterocycles. The number of thiocyanates is 1. The molecule has 0 aromatic carbocycles. The van der Waals surface area contributed by atoms with Crippen LogP contribution in [0.5, 0.6) is 0 Å². The number of carboxylic acids is 1. The number of nitriles is 2. The molecule has 0 radical (unpaired) electrons. The van der Waals surface area contributed by atoms with Gasteiger partial charge in [0.05, 0.1) is 12.5 Å². The van der Waals surface area contributed by atoms with Crippen LogP contribution in [0.3, 0.4) is 0 Å². The molecule has 0 aliphatic heterocycles. The molecule has 0 fully saturated rings. The lowest BCUT2D eigenvalue weighted by molar-refractivity contribution is -0.143. The number of hydrogen-bond donors (Lipinski definition) is 1. The van der Waals surface area contributed by atoms with Crippen molar-refractivity contribution in [3.05, 3.63) is 0 Å². The predicted octanol–water partition coefficient (Wildman–Crippen LogP) is 0.342. The molecule has 0 aromatic rings. The maximum Gasteiger partial charge on any atom is 0.316 e. The van der Waals surface area contributed by atoms with Gasteiger partial charge >= 0.3 is 5.97 Å². The number of nitrogens with zero attached hydrogens (tertiary/aromatic N) is 2. The molecule has 0 aromatic heterocycles. The van der Waals surface area contributed by atoms with Gasteiger partial charge in [-0.1, -0.05) is 0 Å². The molecule has 0 aliphatic rings. The van der Waals surface area contributed by atoms with E-state index in [0.717, 1.165) is 0 Å². The van der Waals surface area contributed by atoms with Crippen LogP contribution in [0.4, 0.5) is 0 Å². The molecule has 0 saturated carbocycles. The van der Waals surface area contributed by atoms with E-state index in [9.17, 15) is 9.59 Å². The summed E-state index contributed by atoms with van der Waals surface area (Å²) in [6.07, 6.45) is -0.400. The first-order valence-electron chi connectivity index (χ1n) is 2.83. The van der Waals surface area contributed by atoms with Crippen molar-refractivity contribution in [3.63, 3.8) is 0 Å². The molecule has 6 heteroatoms. The Balaban J connectivity index is 4.34. The highest BCUT2D eigenvalue weighted by atomic mass is 32.2. The molecule has 1 N–H and O–H groups in total. The molecule has 0 aliphatic carbocycles. The molecule has 0 bridgehead atoms. The van der Waals surface area contributed by atoms with Crippen LogP contribution in [0.25, 0.3) is 0 Å². The van der Waals surface area contributed by atoms with Crippen LogP contribution in [0.1, 0.15) is 6.42 Å². The molecule has 62 valence electrons. The van der Waals surface area contributed by atoms with E-state index < -0.39 is 23.4 Å². The summed E-state index contributed by atoms with van der Waals surface area (Å²) in [7, 11) is 0. The third-order valence-electron chi connectivity index (χ3n) is 1.02. The smallest absolute Gasteiger partial charge is 0.316 e. The van der Waals surface area contributed by atoms with E-state index in [0.29, 0.717) is 0 Å². The Morgan fingerprint density at radius 3 is 2.42 bits per heavy atom. The van der Waals surface area contributed by atoms with Crippen molar-refractivity contribution < 1.29 is 14.7 Å². The van der Waals surface area contributed by atoms with Crippen molar-refractivity contribution in [2.75, 3.05) is 0 Å². The number of aliphatic carboxylic acids is 1. The summed E-state index contributed by atoms with van der Waals surface area (Å²) >= 11 is 0.242. The standard InChI is InChI=1S/C6H4N2O3S/c7-2-1-4(5(9)10)6(11)12-3-8/h4H,1H2,(H,9,10). The normalized spacial score (nSPS) is 10.8. The predicted molar refractivity (Wildman–Crippen MR) is 39.6 cm³/mol. The van der Waals surface area contributed by atoms with Gasteiger partial charge in [0.1, 0.15) is 11.3 Å². The van der Waals surface area contributed by atoms with E-state index in [1.165, 1.54) is 5.40 Å². The quantitative estimate of drug-likeness (QED) is 0.501. The first kappa shape index (κ1) is 10.5. The average molecular weight is 184 g/mol. The minimum Gasteiger partial charge on any atom is -0.481 e. The van der Waals surface area contributed by atoms with Crippen molar-refractivity contribution >= 4 is 22.8 Å². The first-order chi connectivity index (χ1) is 5.63. The van der Waals surface area contributed by atoms with E-state index >= 15 is 0 Å². The second kappa shape index (κ2) is 5.16. The first-order valence-corrected chi connectivity index (χ1v) is 3.64. The van der Waals surface area contributed by atoms with E-state index in [4.69, 9.17) is 15.6 Å². The fraction of sp³-hybridized carbons (Fsp3) is 0.333. The molecule has 0 heterocycles. The topological polar surface area (TPSA) is 102 Å². The number of carbonyl (C=O) groups is 2. The fourth-order valence-electron chi connectivity index (χ4n) is 0.479. The SMILES string of the molecule is N#CCC(C(=O)O)C(=O)SC#N. The van der Waals surface area contributed by atoms with Crippen LogP contribution in [0, 0.1) is 27.9 Å². The minimum absolute atomic E-state index is 0.242. The van der Waals surface area contributed by atoms with Gasteiger partial charge in [0.2, 0.25) is 5.12 Å². The van der Waals surface area contributed by atoms with E-state index in [-0.39, 0.29) is 11.8 Å². The lowest BCUT2D eigenvalue weighted by Gasteiger charge is -2.01. The average Bonchev–Trinajstić information content (AvgIpc) is 1.99. The maximum atomic E-state index is 10.8. The van der Waals surface area contributed by atoms with E-state index in [1.807, 2.05) is 0 Å². The molecule has 1 atom stereocenters. The third-order valence-corrected chi connectivity index (χ3v) is 1.60. The highest BCUT2D eigenvalue weighted by Crippen LogP contribution is 2.13. The Hall–Kier alpha value is -1.53. The zero-order chi connectivity index (χ0) is 9.56. The van der Waals surface area contributed by atoms with Crippen LogP contribution < -0.4 is 0 Å². The summed E-state index contributed by atoms with van der Waals surface area (Å²) in [5, 5.41) is 25.3. The molecule has 12 heavy (non-hydrogen) atoms. The molecular weight excluding hydrogens is 180 g/mol. The van der Waals surface area contributed by atoms with Crippen LogP contribution >= 0.6 is 11.8 Å². The van der Waals surface area contributed by atoms with Crippen molar-refractivity contribution in [1.29, 1.82) is 10.5 Å². The second-order valence-electron chi connectivity index (χ2n) is 1.77. The van der Waals surface area contributed by atoms with Gasteiger partial charge in [-0.15, -0.1) is 0 Å². The minimum atomic E-state index is -1.39. The highest BCUT2D eigenvalue weighted by molar-refractivity contribution is 8.17. The number of rotatable bonds is 3. The van der Waals surface area contributed by atoms with Gasteiger partial charge in [0, 0.05) is 11.8 Å². The van der Waals surface area contributed by atoms with Crippen LogP contribution in [0.15, 0.2) is 0 Å². The van der Waals surface area contributed by atoms with Crippen molar-refractivity contribution in [1.82, 2.24) is 0 Å². The van der Waals surface area contributed by atoms with Crippen molar-refractivity contribution in [2.24, 2.45) is 5.92 Å². The second-order valence-corrected chi connectivity index (χ2v) is 2.55. The monoisotopic (exact) mass is 184 g/mol. The molecule has 0 rings (SSSR count). The fourth-order valence-corrected chi connectivity index (χ4v) is 0.895. The zero-order valence-corrected chi connectivity index (χ0v) is 6.67. The van der Waals surface area contributed by atoms with E-state index in [2.05, 4.69) is 0 Å². The number of carbonyl (C=O) groups excluding carboxylic acids is 1. The number of carboxylic acid groups (broad SMARTS) is 1. The van der Waals surface area contributed by atoms with Crippen molar-refractivity contribution in [3.8, 4) is 11.5 Å². The number of hydrogen-bond acceptors (Lipinski definition) is 5.